The SMILES string of the molecule is CCC(C)CC1CCC(c2ccc(-c3ccc(OC(=O)C(F)(F)C(F)(F)C(F)(F)F)cc3)cc2)CC1. The molecule has 0 amide bonds. The Balaban J connectivity index is 1.61. The Morgan fingerprint density at radius 1 is 0.861 bits per heavy atom. The molecule has 3 rings (SSSR count). The van der Waals surface area contributed by atoms with Crippen LogP contribution in [0.25, 0.3) is 11.1 Å². The van der Waals surface area contributed by atoms with Crippen molar-refractivity contribution in [3.63, 3.8) is 0 Å². The van der Waals surface area contributed by atoms with Gasteiger partial charge < -0.3 is 4.74 Å². The van der Waals surface area contributed by atoms with E-state index in [2.05, 4.69) is 18.6 Å². The van der Waals surface area contributed by atoms with E-state index >= 15 is 0 Å². The van der Waals surface area contributed by atoms with Crippen molar-refractivity contribution in [2.75, 3.05) is 0 Å². The normalized spacial score (nSPS) is 20.1. The molecule has 1 atom stereocenters. The first kappa shape index (κ1) is 28.0. The third-order valence-corrected chi connectivity index (χ3v) is 7.07. The highest BCUT2D eigenvalue weighted by Crippen LogP contribution is 2.47. The Morgan fingerprint density at radius 3 is 1.83 bits per heavy atom. The van der Waals surface area contributed by atoms with Crippen molar-refractivity contribution in [3.8, 4) is 16.9 Å². The Hall–Kier alpha value is -2.58. The Labute approximate surface area is 205 Å². The number of rotatable bonds is 8. The van der Waals surface area contributed by atoms with E-state index in [-0.39, 0.29) is 0 Å². The average Bonchev–Trinajstić information content (AvgIpc) is 2.84. The molecule has 0 aromatic heterocycles. The molecular formula is C27H29F7O2. The molecule has 0 spiro atoms. The minimum atomic E-state index is -6.61. The molecule has 0 saturated heterocycles. The van der Waals surface area contributed by atoms with E-state index < -0.39 is 29.7 Å². The van der Waals surface area contributed by atoms with Crippen molar-refractivity contribution in [2.45, 2.75) is 76.3 Å². The van der Waals surface area contributed by atoms with E-state index in [9.17, 15) is 35.5 Å². The van der Waals surface area contributed by atoms with Crippen molar-refractivity contribution in [1.82, 2.24) is 0 Å². The third-order valence-electron chi connectivity index (χ3n) is 7.07. The second-order valence-electron chi connectivity index (χ2n) is 9.65. The van der Waals surface area contributed by atoms with E-state index in [0.29, 0.717) is 11.5 Å². The average molecular weight is 519 g/mol. The van der Waals surface area contributed by atoms with Crippen molar-refractivity contribution >= 4 is 5.97 Å². The molecule has 0 aliphatic heterocycles. The Bertz CT molecular complexity index is 1010. The van der Waals surface area contributed by atoms with Crippen LogP contribution in [0.1, 0.15) is 63.9 Å². The summed E-state index contributed by atoms with van der Waals surface area (Å²) in [6.07, 6.45) is 0.562. The lowest BCUT2D eigenvalue weighted by Crippen LogP contribution is -2.57. The topological polar surface area (TPSA) is 26.3 Å². The zero-order chi connectivity index (χ0) is 26.7. The first-order valence-corrected chi connectivity index (χ1v) is 12.0. The van der Waals surface area contributed by atoms with Gasteiger partial charge in [0.05, 0.1) is 0 Å². The first-order chi connectivity index (χ1) is 16.8. The lowest BCUT2D eigenvalue weighted by atomic mass is 9.75. The van der Waals surface area contributed by atoms with Crippen LogP contribution in [-0.4, -0.2) is 24.0 Å². The van der Waals surface area contributed by atoms with Crippen LogP contribution in [-0.2, 0) is 4.79 Å². The molecule has 1 aliphatic rings. The molecule has 0 bridgehead atoms. The molecule has 1 fully saturated rings. The van der Waals surface area contributed by atoms with Crippen LogP contribution >= 0.6 is 0 Å². The number of esters is 1. The summed E-state index contributed by atoms with van der Waals surface area (Å²) < 4.78 is 93.8. The maximum atomic E-state index is 13.5. The summed E-state index contributed by atoms with van der Waals surface area (Å²) in [5, 5.41) is 0. The molecule has 1 saturated carbocycles. The highest BCUT2D eigenvalue weighted by atomic mass is 19.4. The van der Waals surface area contributed by atoms with Crippen molar-refractivity contribution in [2.24, 2.45) is 11.8 Å². The van der Waals surface area contributed by atoms with Gasteiger partial charge in [-0.2, -0.15) is 30.7 Å². The van der Waals surface area contributed by atoms with Gasteiger partial charge in [0.15, 0.2) is 0 Å². The minimum absolute atomic E-state index is 0.491. The van der Waals surface area contributed by atoms with Crippen LogP contribution in [0.2, 0.25) is 0 Å². The van der Waals surface area contributed by atoms with E-state index in [4.69, 9.17) is 0 Å². The number of carbonyl (C=O) groups is 1. The summed E-state index contributed by atoms with van der Waals surface area (Å²) in [6, 6.07) is 12.8. The quantitative estimate of drug-likeness (QED) is 0.198. The van der Waals surface area contributed by atoms with Crippen LogP contribution in [0.3, 0.4) is 0 Å². The van der Waals surface area contributed by atoms with Gasteiger partial charge in [-0.1, -0.05) is 56.7 Å². The summed E-state index contributed by atoms with van der Waals surface area (Å²) in [7, 11) is 0. The lowest BCUT2D eigenvalue weighted by molar-refractivity contribution is -0.346. The smallest absolute Gasteiger partial charge is 0.422 e. The summed E-state index contributed by atoms with van der Waals surface area (Å²) >= 11 is 0. The van der Waals surface area contributed by atoms with Crippen molar-refractivity contribution in [1.29, 1.82) is 0 Å². The van der Waals surface area contributed by atoms with Gasteiger partial charge in [-0.05, 0) is 78.7 Å². The molecule has 0 heterocycles. The number of alkyl halides is 7. The largest absolute Gasteiger partial charge is 0.460 e. The molecule has 2 nitrogen and oxygen atoms in total. The van der Waals surface area contributed by atoms with Crippen molar-refractivity contribution < 1.29 is 40.3 Å². The van der Waals surface area contributed by atoms with Crippen LogP contribution in [0.5, 0.6) is 5.75 Å². The van der Waals surface area contributed by atoms with Gasteiger partial charge in [0, 0.05) is 0 Å². The summed E-state index contributed by atoms with van der Waals surface area (Å²) in [5.41, 5.74) is 2.65. The summed E-state index contributed by atoms with van der Waals surface area (Å²) in [4.78, 5) is 11.4. The van der Waals surface area contributed by atoms with E-state index in [0.717, 1.165) is 42.4 Å². The van der Waals surface area contributed by atoms with Crippen LogP contribution in [0.15, 0.2) is 48.5 Å². The fourth-order valence-electron chi connectivity index (χ4n) is 4.61. The van der Waals surface area contributed by atoms with Gasteiger partial charge in [-0.25, -0.2) is 4.79 Å². The van der Waals surface area contributed by atoms with Gasteiger partial charge in [0.1, 0.15) is 5.75 Å². The number of hydrogen-bond donors (Lipinski definition) is 0. The van der Waals surface area contributed by atoms with Gasteiger partial charge in [-0.15, -0.1) is 0 Å². The number of carbonyl (C=O) groups excluding carboxylic acids is 1. The van der Waals surface area contributed by atoms with Gasteiger partial charge in [0.25, 0.3) is 0 Å². The zero-order valence-electron chi connectivity index (χ0n) is 20.1. The number of halogens is 7. The maximum Gasteiger partial charge on any atom is 0.460 e. The molecule has 1 aliphatic carbocycles. The standard InChI is InChI=1S/C27H29F7O2/c1-3-17(2)16-18-4-6-19(7-5-18)20-8-10-21(11-9-20)22-12-14-23(15-13-22)36-24(35)25(28,29)26(30,31)27(32,33)34/h8-15,17-19H,3-7,16H2,1-2H3. The maximum absolute atomic E-state index is 13.5. The number of hydrogen-bond acceptors (Lipinski definition) is 2. The molecule has 198 valence electrons. The highest BCUT2D eigenvalue weighted by Gasteiger charge is 2.77. The van der Waals surface area contributed by atoms with E-state index in [1.807, 2.05) is 24.3 Å². The second-order valence-corrected chi connectivity index (χ2v) is 9.65. The zero-order valence-corrected chi connectivity index (χ0v) is 20.1. The molecule has 1 unspecified atom stereocenters. The van der Waals surface area contributed by atoms with Crippen LogP contribution < -0.4 is 4.74 Å². The predicted octanol–water partition coefficient (Wildman–Crippen LogP) is 8.80. The monoisotopic (exact) mass is 518 g/mol. The molecule has 2 aromatic rings. The van der Waals surface area contributed by atoms with Crippen molar-refractivity contribution in [3.05, 3.63) is 54.1 Å². The molecule has 0 radical (unpaired) electrons. The fourth-order valence-corrected chi connectivity index (χ4v) is 4.61. The molecule has 0 N–H and O–H groups in total. The number of ether oxygens (including phenoxy) is 1. The van der Waals surface area contributed by atoms with Gasteiger partial charge >= 0.3 is 24.0 Å². The third kappa shape index (κ3) is 6.03. The summed E-state index contributed by atoms with van der Waals surface area (Å²) in [6.45, 7) is 4.51. The fraction of sp³-hybridized carbons (Fsp3) is 0.519. The minimum Gasteiger partial charge on any atom is -0.422 e. The molecule has 36 heavy (non-hydrogen) atoms. The van der Waals surface area contributed by atoms with E-state index in [1.54, 1.807) is 0 Å². The molecule has 9 heteroatoms. The van der Waals surface area contributed by atoms with Crippen LogP contribution in [0.4, 0.5) is 30.7 Å². The number of benzene rings is 2. The molecular weight excluding hydrogens is 489 g/mol. The van der Waals surface area contributed by atoms with E-state index in [1.165, 1.54) is 43.4 Å². The second kappa shape index (κ2) is 10.8. The van der Waals surface area contributed by atoms with Crippen LogP contribution in [0, 0.1) is 11.8 Å². The summed E-state index contributed by atoms with van der Waals surface area (Å²) in [5.74, 6) is -14.2. The molecule has 2 aromatic carbocycles. The first-order valence-electron chi connectivity index (χ1n) is 12.0. The lowest BCUT2D eigenvalue weighted by Gasteiger charge is -2.30. The highest BCUT2D eigenvalue weighted by molar-refractivity contribution is 5.81. The van der Waals surface area contributed by atoms with Gasteiger partial charge in [-0.3, -0.25) is 0 Å². The Kier molecular flexibility index (Phi) is 8.41. The van der Waals surface area contributed by atoms with Gasteiger partial charge in [0.2, 0.25) is 0 Å². The predicted molar refractivity (Wildman–Crippen MR) is 122 cm³/mol. The Morgan fingerprint density at radius 2 is 1.36 bits per heavy atom.